The molecule has 0 unspecified atom stereocenters. The van der Waals surface area contributed by atoms with Gasteiger partial charge in [0, 0.05) is 13.2 Å². The van der Waals surface area contributed by atoms with Crippen LogP contribution in [0, 0.1) is 0 Å². The number of hydrogen-bond donors (Lipinski definition) is 1. The molecule has 2 rings (SSSR count). The van der Waals surface area contributed by atoms with E-state index in [1.54, 1.807) is 37.3 Å². The van der Waals surface area contributed by atoms with Gasteiger partial charge < -0.3 is 29.2 Å². The fraction of sp³-hybridized carbons (Fsp3) is 0.588. The highest BCUT2D eigenvalue weighted by atomic mass is 16.5. The van der Waals surface area contributed by atoms with Crippen molar-refractivity contribution in [2.75, 3.05) is 45.8 Å². The highest BCUT2D eigenvalue weighted by Gasteiger charge is 2.31. The van der Waals surface area contributed by atoms with E-state index in [0.29, 0.717) is 43.5 Å². The van der Waals surface area contributed by atoms with E-state index in [4.69, 9.17) is 18.9 Å². The molecule has 2 amide bonds. The molecule has 1 aliphatic heterocycles. The van der Waals surface area contributed by atoms with Crippen molar-refractivity contribution < 1.29 is 23.7 Å². The number of likely N-dealkylation sites (tertiary alicyclic amines) is 1. The number of anilines is 1. The second kappa shape index (κ2) is 8.75. The Balaban J connectivity index is 1.91. The first-order valence-electron chi connectivity index (χ1n) is 8.04. The zero-order valence-corrected chi connectivity index (χ0v) is 14.7. The summed E-state index contributed by atoms with van der Waals surface area (Å²) >= 11 is 0. The van der Waals surface area contributed by atoms with Crippen LogP contribution < -0.4 is 14.8 Å². The molecule has 0 saturated carbocycles. The summed E-state index contributed by atoms with van der Waals surface area (Å²) in [7, 11) is 3.22. The molecule has 1 heterocycles. The van der Waals surface area contributed by atoms with Crippen LogP contribution >= 0.6 is 0 Å². The number of nitrogens with one attached hydrogen (secondary N) is 1. The summed E-state index contributed by atoms with van der Waals surface area (Å²) < 4.78 is 21.5. The Morgan fingerprint density at radius 1 is 1.29 bits per heavy atom. The van der Waals surface area contributed by atoms with Crippen molar-refractivity contribution in [3.63, 3.8) is 0 Å². The van der Waals surface area contributed by atoms with Gasteiger partial charge in [-0.2, -0.15) is 0 Å². The molecule has 0 aliphatic carbocycles. The standard InChI is InChI=1S/C17H26N2O5/c1-12(2)24-16-6-5-13(22-4)9-15(16)18-17(20)19-10-14(11-19)23-8-7-21-3/h5-6,9,12,14H,7-8,10-11H2,1-4H3,(H,18,20). The zero-order valence-electron chi connectivity index (χ0n) is 14.7. The van der Waals surface area contributed by atoms with Gasteiger partial charge in [0.15, 0.2) is 0 Å². The fourth-order valence-electron chi connectivity index (χ4n) is 2.29. The minimum absolute atomic E-state index is 0.0108. The van der Waals surface area contributed by atoms with Crippen LogP contribution in [0.4, 0.5) is 10.5 Å². The Hall–Kier alpha value is -1.99. The number of amides is 2. The lowest BCUT2D eigenvalue weighted by molar-refractivity contribution is -0.0486. The molecule has 0 aromatic heterocycles. The van der Waals surface area contributed by atoms with Crippen molar-refractivity contribution >= 4 is 11.7 Å². The number of hydrogen-bond acceptors (Lipinski definition) is 5. The molecule has 0 spiro atoms. The van der Waals surface area contributed by atoms with Gasteiger partial charge in [-0.15, -0.1) is 0 Å². The number of carbonyl (C=O) groups is 1. The molecular formula is C17H26N2O5. The predicted molar refractivity (Wildman–Crippen MR) is 91.0 cm³/mol. The van der Waals surface area contributed by atoms with Gasteiger partial charge in [-0.1, -0.05) is 0 Å². The van der Waals surface area contributed by atoms with Crippen molar-refractivity contribution in [2.45, 2.75) is 26.1 Å². The summed E-state index contributed by atoms with van der Waals surface area (Å²) in [5, 5.41) is 2.88. The maximum atomic E-state index is 12.3. The molecule has 24 heavy (non-hydrogen) atoms. The Labute approximate surface area is 142 Å². The van der Waals surface area contributed by atoms with E-state index in [0.717, 1.165) is 0 Å². The van der Waals surface area contributed by atoms with E-state index >= 15 is 0 Å². The average Bonchev–Trinajstić information content (AvgIpc) is 2.50. The average molecular weight is 338 g/mol. The van der Waals surface area contributed by atoms with Crippen LogP contribution in [0.15, 0.2) is 18.2 Å². The molecule has 0 bridgehead atoms. The number of carbonyl (C=O) groups excluding carboxylic acids is 1. The lowest BCUT2D eigenvalue weighted by atomic mass is 10.2. The van der Waals surface area contributed by atoms with E-state index in [1.807, 2.05) is 13.8 Å². The molecule has 7 heteroatoms. The first-order chi connectivity index (χ1) is 11.5. The summed E-state index contributed by atoms with van der Waals surface area (Å²) in [6.07, 6.45) is 0.0826. The number of methoxy groups -OCH3 is 2. The van der Waals surface area contributed by atoms with E-state index in [-0.39, 0.29) is 18.2 Å². The predicted octanol–water partition coefficient (Wildman–Crippen LogP) is 2.36. The number of ether oxygens (including phenoxy) is 4. The van der Waals surface area contributed by atoms with Crippen LogP contribution in [0.3, 0.4) is 0 Å². The van der Waals surface area contributed by atoms with Crippen molar-refractivity contribution in [3.05, 3.63) is 18.2 Å². The molecule has 0 atom stereocenters. The quantitative estimate of drug-likeness (QED) is 0.737. The van der Waals surface area contributed by atoms with Gasteiger partial charge >= 0.3 is 6.03 Å². The van der Waals surface area contributed by atoms with Crippen molar-refractivity contribution in [1.29, 1.82) is 0 Å². The minimum Gasteiger partial charge on any atom is -0.497 e. The third-order valence-corrected chi connectivity index (χ3v) is 3.57. The van der Waals surface area contributed by atoms with Gasteiger partial charge in [0.2, 0.25) is 0 Å². The van der Waals surface area contributed by atoms with Gasteiger partial charge in [0.1, 0.15) is 11.5 Å². The summed E-state index contributed by atoms with van der Waals surface area (Å²) in [6.45, 7) is 6.11. The lowest BCUT2D eigenvalue weighted by Gasteiger charge is -2.38. The number of nitrogens with zero attached hydrogens (tertiary/aromatic N) is 1. The van der Waals surface area contributed by atoms with Crippen LogP contribution in [-0.4, -0.2) is 63.7 Å². The van der Waals surface area contributed by atoms with Crippen LogP contribution in [0.25, 0.3) is 0 Å². The van der Waals surface area contributed by atoms with Crippen LogP contribution in [0.5, 0.6) is 11.5 Å². The summed E-state index contributed by atoms with van der Waals surface area (Å²) in [4.78, 5) is 14.0. The van der Waals surface area contributed by atoms with Crippen molar-refractivity contribution in [3.8, 4) is 11.5 Å². The monoisotopic (exact) mass is 338 g/mol. The number of urea groups is 1. The Bertz CT molecular complexity index is 544. The number of benzene rings is 1. The molecule has 0 radical (unpaired) electrons. The molecular weight excluding hydrogens is 312 g/mol. The topological polar surface area (TPSA) is 69.3 Å². The largest absolute Gasteiger partial charge is 0.497 e. The molecule has 134 valence electrons. The summed E-state index contributed by atoms with van der Waals surface area (Å²) in [5.74, 6) is 1.28. The normalized spacial score (nSPS) is 14.5. The van der Waals surface area contributed by atoms with E-state index in [9.17, 15) is 4.79 Å². The van der Waals surface area contributed by atoms with E-state index in [2.05, 4.69) is 5.32 Å². The smallest absolute Gasteiger partial charge is 0.322 e. The summed E-state index contributed by atoms with van der Waals surface area (Å²) in [6, 6.07) is 5.17. The maximum Gasteiger partial charge on any atom is 0.322 e. The molecule has 7 nitrogen and oxygen atoms in total. The van der Waals surface area contributed by atoms with E-state index in [1.165, 1.54) is 0 Å². The second-order valence-corrected chi connectivity index (χ2v) is 5.85. The van der Waals surface area contributed by atoms with Crippen LogP contribution in [-0.2, 0) is 9.47 Å². The highest BCUT2D eigenvalue weighted by molar-refractivity contribution is 5.91. The molecule has 1 aromatic carbocycles. The highest BCUT2D eigenvalue weighted by Crippen LogP contribution is 2.30. The summed E-state index contributed by atoms with van der Waals surface area (Å²) in [5.41, 5.74) is 0.594. The van der Waals surface area contributed by atoms with Crippen molar-refractivity contribution in [1.82, 2.24) is 4.90 Å². The lowest BCUT2D eigenvalue weighted by Crippen LogP contribution is -2.56. The molecule has 1 aliphatic rings. The van der Waals surface area contributed by atoms with E-state index < -0.39 is 0 Å². The molecule has 1 N–H and O–H groups in total. The minimum atomic E-state index is -0.177. The van der Waals surface area contributed by atoms with Gasteiger partial charge in [0.25, 0.3) is 0 Å². The molecule has 1 aromatic rings. The Kier molecular flexibility index (Phi) is 6.69. The van der Waals surface area contributed by atoms with Gasteiger partial charge in [-0.3, -0.25) is 0 Å². The molecule has 1 saturated heterocycles. The Morgan fingerprint density at radius 2 is 2.04 bits per heavy atom. The van der Waals surface area contributed by atoms with Gasteiger partial charge in [0.05, 0.1) is 51.3 Å². The third kappa shape index (κ3) is 5.01. The fourth-order valence-corrected chi connectivity index (χ4v) is 2.29. The van der Waals surface area contributed by atoms with Crippen molar-refractivity contribution in [2.24, 2.45) is 0 Å². The first kappa shape index (κ1) is 18.4. The molecule has 1 fully saturated rings. The second-order valence-electron chi connectivity index (χ2n) is 5.85. The SMILES string of the molecule is COCCOC1CN(C(=O)Nc2cc(OC)ccc2OC(C)C)C1. The van der Waals surface area contributed by atoms with Gasteiger partial charge in [-0.05, 0) is 26.0 Å². The van der Waals surface area contributed by atoms with Gasteiger partial charge in [-0.25, -0.2) is 4.79 Å². The zero-order chi connectivity index (χ0) is 17.5. The Morgan fingerprint density at radius 3 is 2.67 bits per heavy atom. The number of rotatable bonds is 8. The third-order valence-electron chi connectivity index (χ3n) is 3.57. The van der Waals surface area contributed by atoms with Crippen LogP contribution in [0.1, 0.15) is 13.8 Å². The van der Waals surface area contributed by atoms with Crippen LogP contribution in [0.2, 0.25) is 0 Å². The first-order valence-corrected chi connectivity index (χ1v) is 8.04. The maximum absolute atomic E-state index is 12.3.